The minimum atomic E-state index is -1.76. The lowest BCUT2D eigenvalue weighted by Crippen LogP contribution is -2.31. The Kier molecular flexibility index (Phi) is 6.00. The Morgan fingerprint density at radius 1 is 1.64 bits per heavy atom. The number of nitrogens with two attached hydrogens (primary N) is 1. The number of rotatable bonds is 5. The highest BCUT2D eigenvalue weighted by atomic mass is 32.2. The molecule has 0 bridgehead atoms. The number of amides is 1. The van der Waals surface area contributed by atoms with Gasteiger partial charge in [-0.25, -0.2) is 4.21 Å². The second-order valence-electron chi connectivity index (χ2n) is 1.93. The molecular formula is C5H12N2O3S. The molecule has 0 aromatic rings. The number of hydrogen-bond acceptors (Lipinski definition) is 3. The van der Waals surface area contributed by atoms with Gasteiger partial charge < -0.3 is 15.6 Å². The van der Waals surface area contributed by atoms with Crippen molar-refractivity contribution >= 4 is 17.0 Å². The van der Waals surface area contributed by atoms with Crippen LogP contribution in [0.5, 0.6) is 0 Å². The summed E-state index contributed by atoms with van der Waals surface area (Å²) in [5.41, 5.74) is 4.99. The molecule has 0 saturated carbocycles. The first-order chi connectivity index (χ1) is 5.16. The van der Waals surface area contributed by atoms with E-state index in [0.29, 0.717) is 13.0 Å². The zero-order valence-electron chi connectivity index (χ0n) is 6.08. The molecule has 1 unspecified atom stereocenters. The fourth-order valence-corrected chi connectivity index (χ4v) is 0.887. The summed E-state index contributed by atoms with van der Waals surface area (Å²) in [7, 11) is 0. The first-order valence-electron chi connectivity index (χ1n) is 3.21. The third-order valence-corrected chi connectivity index (χ3v) is 1.64. The maximum atomic E-state index is 10.5. The standard InChI is InChI=1S/C5H12N2O3S/c6-4-5(8)7-2-1-3-11(9)10/h1-4,6H2,(H,7,8)(H,9,10). The predicted molar refractivity (Wildman–Crippen MR) is 42.3 cm³/mol. The van der Waals surface area contributed by atoms with E-state index in [9.17, 15) is 9.00 Å². The first-order valence-corrected chi connectivity index (χ1v) is 4.48. The quantitative estimate of drug-likeness (QED) is 0.361. The zero-order valence-corrected chi connectivity index (χ0v) is 6.89. The molecule has 0 aromatic heterocycles. The second-order valence-corrected chi connectivity index (χ2v) is 2.98. The topological polar surface area (TPSA) is 92.4 Å². The fourth-order valence-electron chi connectivity index (χ4n) is 0.496. The molecule has 66 valence electrons. The molecule has 0 aromatic carbocycles. The van der Waals surface area contributed by atoms with E-state index in [0.717, 1.165) is 0 Å². The lowest BCUT2D eigenvalue weighted by molar-refractivity contribution is -0.119. The van der Waals surface area contributed by atoms with Gasteiger partial charge in [0.15, 0.2) is 11.1 Å². The molecule has 5 nitrogen and oxygen atoms in total. The van der Waals surface area contributed by atoms with E-state index in [2.05, 4.69) is 5.32 Å². The van der Waals surface area contributed by atoms with Crippen LogP contribution in [0.1, 0.15) is 6.42 Å². The molecule has 0 heterocycles. The summed E-state index contributed by atoms with van der Waals surface area (Å²) in [6, 6.07) is 0. The minimum Gasteiger partial charge on any atom is -0.355 e. The Balaban J connectivity index is 3.14. The molecule has 0 aliphatic heterocycles. The Hall–Kier alpha value is -0.460. The molecule has 0 saturated heterocycles. The van der Waals surface area contributed by atoms with Crippen LogP contribution in [-0.2, 0) is 15.9 Å². The third kappa shape index (κ3) is 7.44. The van der Waals surface area contributed by atoms with E-state index in [1.54, 1.807) is 0 Å². The molecule has 1 amide bonds. The number of hydrogen-bond donors (Lipinski definition) is 3. The Morgan fingerprint density at radius 2 is 2.27 bits per heavy atom. The van der Waals surface area contributed by atoms with Gasteiger partial charge in [-0.1, -0.05) is 0 Å². The van der Waals surface area contributed by atoms with Crippen molar-refractivity contribution in [3.8, 4) is 0 Å². The summed E-state index contributed by atoms with van der Waals surface area (Å²) in [4.78, 5) is 10.5. The highest BCUT2D eigenvalue weighted by Crippen LogP contribution is 1.80. The van der Waals surface area contributed by atoms with E-state index in [-0.39, 0.29) is 18.2 Å². The summed E-state index contributed by atoms with van der Waals surface area (Å²) >= 11 is -1.76. The van der Waals surface area contributed by atoms with E-state index in [4.69, 9.17) is 10.3 Å². The maximum Gasteiger partial charge on any atom is 0.233 e. The van der Waals surface area contributed by atoms with Gasteiger partial charge in [-0.2, -0.15) is 0 Å². The maximum absolute atomic E-state index is 10.5. The van der Waals surface area contributed by atoms with Crippen LogP contribution in [0.2, 0.25) is 0 Å². The van der Waals surface area contributed by atoms with Gasteiger partial charge in [0.25, 0.3) is 0 Å². The van der Waals surface area contributed by atoms with Crippen LogP contribution < -0.4 is 11.1 Å². The van der Waals surface area contributed by atoms with Crippen LogP contribution in [0.25, 0.3) is 0 Å². The van der Waals surface area contributed by atoms with E-state index in [1.165, 1.54) is 0 Å². The third-order valence-electron chi connectivity index (χ3n) is 1.00. The van der Waals surface area contributed by atoms with Crippen molar-refractivity contribution in [2.24, 2.45) is 5.73 Å². The SMILES string of the molecule is NCC(=O)NCCCS(=O)O. The molecule has 0 rings (SSSR count). The lowest BCUT2D eigenvalue weighted by atomic mass is 10.4. The molecule has 0 aliphatic rings. The van der Waals surface area contributed by atoms with Gasteiger partial charge in [0, 0.05) is 6.54 Å². The van der Waals surface area contributed by atoms with Gasteiger partial charge in [-0.15, -0.1) is 0 Å². The van der Waals surface area contributed by atoms with Crippen molar-refractivity contribution in [3.05, 3.63) is 0 Å². The van der Waals surface area contributed by atoms with Crippen molar-refractivity contribution in [3.63, 3.8) is 0 Å². The number of carbonyl (C=O) groups excluding carboxylic acids is 1. The molecule has 6 heteroatoms. The Morgan fingerprint density at radius 3 is 2.73 bits per heavy atom. The first kappa shape index (κ1) is 10.5. The monoisotopic (exact) mass is 180 g/mol. The molecule has 0 aliphatic carbocycles. The van der Waals surface area contributed by atoms with Crippen molar-refractivity contribution in [2.75, 3.05) is 18.8 Å². The van der Waals surface area contributed by atoms with Gasteiger partial charge in [0.1, 0.15) is 0 Å². The molecule has 0 fully saturated rings. The van der Waals surface area contributed by atoms with Crippen LogP contribution >= 0.6 is 0 Å². The normalized spacial score (nSPS) is 12.5. The van der Waals surface area contributed by atoms with E-state index in [1.807, 2.05) is 0 Å². The average molecular weight is 180 g/mol. The van der Waals surface area contributed by atoms with Crippen molar-refractivity contribution in [1.29, 1.82) is 0 Å². The van der Waals surface area contributed by atoms with Gasteiger partial charge in [-0.05, 0) is 6.42 Å². The number of carbonyl (C=O) groups is 1. The summed E-state index contributed by atoms with van der Waals surface area (Å²) in [6.07, 6.45) is 0.495. The van der Waals surface area contributed by atoms with Crippen LogP contribution in [-0.4, -0.2) is 33.5 Å². The van der Waals surface area contributed by atoms with Gasteiger partial charge in [0.2, 0.25) is 5.91 Å². The van der Waals surface area contributed by atoms with E-state index < -0.39 is 11.1 Å². The highest BCUT2D eigenvalue weighted by Gasteiger charge is 1.96. The zero-order chi connectivity index (χ0) is 8.69. The largest absolute Gasteiger partial charge is 0.355 e. The molecule has 1 atom stereocenters. The summed E-state index contributed by atoms with van der Waals surface area (Å²) < 4.78 is 18.4. The Labute approximate surface area is 67.6 Å². The molecule has 0 spiro atoms. The van der Waals surface area contributed by atoms with Crippen LogP contribution in [0.4, 0.5) is 0 Å². The predicted octanol–water partition coefficient (Wildman–Crippen LogP) is -1.33. The van der Waals surface area contributed by atoms with Crippen molar-refractivity contribution in [2.45, 2.75) is 6.42 Å². The van der Waals surface area contributed by atoms with Gasteiger partial charge in [0.05, 0.1) is 12.3 Å². The van der Waals surface area contributed by atoms with Crippen LogP contribution in [0.15, 0.2) is 0 Å². The molecular weight excluding hydrogens is 168 g/mol. The summed E-state index contributed by atoms with van der Waals surface area (Å²) in [5, 5.41) is 2.48. The van der Waals surface area contributed by atoms with E-state index >= 15 is 0 Å². The van der Waals surface area contributed by atoms with Crippen molar-refractivity contribution < 1.29 is 13.6 Å². The fraction of sp³-hybridized carbons (Fsp3) is 0.800. The number of nitrogens with one attached hydrogen (secondary N) is 1. The summed E-state index contributed by atoms with van der Waals surface area (Å²) in [5.74, 6) is -0.0566. The van der Waals surface area contributed by atoms with Crippen LogP contribution in [0, 0.1) is 0 Å². The smallest absolute Gasteiger partial charge is 0.233 e. The van der Waals surface area contributed by atoms with Crippen molar-refractivity contribution in [1.82, 2.24) is 5.32 Å². The van der Waals surface area contributed by atoms with Gasteiger partial charge >= 0.3 is 0 Å². The van der Waals surface area contributed by atoms with Gasteiger partial charge in [-0.3, -0.25) is 4.79 Å². The molecule has 11 heavy (non-hydrogen) atoms. The highest BCUT2D eigenvalue weighted by molar-refractivity contribution is 7.79. The summed E-state index contributed by atoms with van der Waals surface area (Å²) in [6.45, 7) is 0.366. The Bertz CT molecular complexity index is 151. The minimum absolute atomic E-state index is 0.0395. The molecule has 4 N–H and O–H groups in total. The average Bonchev–Trinajstić information content (AvgIpc) is 1.97. The lowest BCUT2D eigenvalue weighted by Gasteiger charge is -2.00. The second kappa shape index (κ2) is 6.26. The molecule has 0 radical (unpaired) electrons. The van der Waals surface area contributed by atoms with Crippen LogP contribution in [0.3, 0.4) is 0 Å².